The Morgan fingerprint density at radius 1 is 1.50 bits per heavy atom. The predicted octanol–water partition coefficient (Wildman–Crippen LogP) is 0.357. The molecule has 0 aliphatic rings. The van der Waals surface area contributed by atoms with Crippen molar-refractivity contribution in [2.24, 2.45) is 0 Å². The lowest BCUT2D eigenvalue weighted by Gasteiger charge is -2.05. The van der Waals surface area contributed by atoms with Crippen molar-refractivity contribution in [2.45, 2.75) is 13.8 Å². The second-order valence-corrected chi connectivity index (χ2v) is 4.80. The summed E-state index contributed by atoms with van der Waals surface area (Å²) in [6.45, 7) is 3.38. The summed E-state index contributed by atoms with van der Waals surface area (Å²) in [4.78, 5) is 39.8. The third kappa shape index (κ3) is 2.69. The van der Waals surface area contributed by atoms with Gasteiger partial charge in [-0.3, -0.25) is 18.8 Å². The number of fused-ring (bicyclic) bond motifs is 1. The minimum atomic E-state index is -0.643. The Bertz CT molecular complexity index is 719. The van der Waals surface area contributed by atoms with Crippen LogP contribution in [0.3, 0.4) is 0 Å². The quantitative estimate of drug-likeness (QED) is 0.822. The van der Waals surface area contributed by atoms with Crippen LogP contribution in [0.5, 0.6) is 0 Å². The highest BCUT2D eigenvalue weighted by atomic mass is 32.1. The molecule has 7 nitrogen and oxygen atoms in total. The lowest BCUT2D eigenvalue weighted by molar-refractivity contribution is -0.141. The average molecular weight is 295 g/mol. The van der Waals surface area contributed by atoms with Crippen LogP contribution >= 0.6 is 11.3 Å². The zero-order valence-electron chi connectivity index (χ0n) is 11.0. The summed E-state index contributed by atoms with van der Waals surface area (Å²) in [6.07, 6.45) is 1.22. The number of nitrogens with one attached hydrogen (secondary N) is 1. The van der Waals surface area contributed by atoms with Gasteiger partial charge in [-0.15, -0.1) is 11.3 Å². The fourth-order valence-electron chi connectivity index (χ4n) is 1.64. The molecule has 0 aliphatic carbocycles. The Morgan fingerprint density at radius 2 is 2.25 bits per heavy atom. The van der Waals surface area contributed by atoms with Crippen molar-refractivity contribution in [3.05, 3.63) is 33.2 Å². The van der Waals surface area contributed by atoms with Crippen LogP contribution < -0.4 is 10.9 Å². The first kappa shape index (κ1) is 14.2. The Balaban J connectivity index is 2.22. The maximum Gasteiger partial charge on any atom is 0.325 e. The van der Waals surface area contributed by atoms with Gasteiger partial charge in [-0.1, -0.05) is 0 Å². The summed E-state index contributed by atoms with van der Waals surface area (Å²) in [5.41, 5.74) is 0.158. The van der Waals surface area contributed by atoms with Crippen molar-refractivity contribution in [1.29, 1.82) is 0 Å². The van der Waals surface area contributed by atoms with Crippen LogP contribution in [0.2, 0.25) is 0 Å². The maximum absolute atomic E-state index is 12.2. The van der Waals surface area contributed by atoms with E-state index in [0.29, 0.717) is 10.7 Å². The number of hydrogen-bond acceptors (Lipinski definition) is 6. The van der Waals surface area contributed by atoms with E-state index < -0.39 is 17.4 Å². The first-order valence-corrected chi connectivity index (χ1v) is 6.82. The molecule has 0 radical (unpaired) electrons. The van der Waals surface area contributed by atoms with Gasteiger partial charge >= 0.3 is 5.97 Å². The van der Waals surface area contributed by atoms with E-state index in [0.717, 1.165) is 0 Å². The van der Waals surface area contributed by atoms with Gasteiger partial charge in [0.15, 0.2) is 4.96 Å². The van der Waals surface area contributed by atoms with Crippen molar-refractivity contribution in [2.75, 3.05) is 13.2 Å². The van der Waals surface area contributed by atoms with Gasteiger partial charge in [-0.05, 0) is 13.8 Å². The van der Waals surface area contributed by atoms with Gasteiger partial charge in [0.1, 0.15) is 12.1 Å². The van der Waals surface area contributed by atoms with Crippen molar-refractivity contribution >= 4 is 28.2 Å². The molecule has 2 aromatic rings. The standard InChI is InChI=1S/C12H13N3O4S/c1-3-19-9(16)5-13-10(17)8-4-14-12-15(11(8)18)7(2)6-20-12/h4,6H,3,5H2,1-2H3,(H,13,17). The number of thiazole rings is 1. The Morgan fingerprint density at radius 3 is 2.95 bits per heavy atom. The van der Waals surface area contributed by atoms with E-state index in [-0.39, 0.29) is 18.7 Å². The maximum atomic E-state index is 12.2. The molecule has 2 aromatic heterocycles. The summed E-state index contributed by atoms with van der Waals surface area (Å²) >= 11 is 1.32. The van der Waals surface area contributed by atoms with Gasteiger partial charge < -0.3 is 10.1 Å². The first-order valence-electron chi connectivity index (χ1n) is 5.94. The second kappa shape index (κ2) is 5.83. The summed E-state index contributed by atoms with van der Waals surface area (Å²) in [5.74, 6) is -1.20. The van der Waals surface area contributed by atoms with E-state index >= 15 is 0 Å². The molecule has 0 saturated heterocycles. The summed E-state index contributed by atoms with van der Waals surface area (Å²) in [6, 6.07) is 0. The smallest absolute Gasteiger partial charge is 0.325 e. The predicted molar refractivity (Wildman–Crippen MR) is 73.0 cm³/mol. The number of carbonyl (C=O) groups excluding carboxylic acids is 2. The van der Waals surface area contributed by atoms with Crippen LogP contribution in [0.4, 0.5) is 0 Å². The molecule has 20 heavy (non-hydrogen) atoms. The van der Waals surface area contributed by atoms with E-state index in [9.17, 15) is 14.4 Å². The van der Waals surface area contributed by atoms with Crippen molar-refractivity contribution in [3.63, 3.8) is 0 Å². The van der Waals surface area contributed by atoms with Crippen LogP contribution in [-0.2, 0) is 9.53 Å². The normalized spacial score (nSPS) is 10.5. The SMILES string of the molecule is CCOC(=O)CNC(=O)c1cnc2scc(C)n2c1=O. The van der Waals surface area contributed by atoms with Gasteiger partial charge in [0.2, 0.25) is 0 Å². The molecule has 0 spiro atoms. The molecule has 0 saturated carbocycles. The monoisotopic (exact) mass is 295 g/mol. The molecule has 0 fully saturated rings. The van der Waals surface area contributed by atoms with Crippen LogP contribution in [-0.4, -0.2) is 34.4 Å². The molecular weight excluding hydrogens is 282 g/mol. The van der Waals surface area contributed by atoms with Gasteiger partial charge in [0.05, 0.1) is 6.61 Å². The third-order valence-corrected chi connectivity index (χ3v) is 3.52. The molecule has 0 unspecified atom stereocenters. The number of amides is 1. The van der Waals surface area contributed by atoms with Gasteiger partial charge in [-0.25, -0.2) is 4.98 Å². The molecule has 0 atom stereocenters. The van der Waals surface area contributed by atoms with E-state index in [1.165, 1.54) is 21.9 Å². The molecule has 0 aromatic carbocycles. The molecule has 0 bridgehead atoms. The van der Waals surface area contributed by atoms with Gasteiger partial charge in [0.25, 0.3) is 11.5 Å². The van der Waals surface area contributed by atoms with Crippen LogP contribution in [0, 0.1) is 6.92 Å². The number of aryl methyl sites for hydroxylation is 1. The Kier molecular flexibility index (Phi) is 4.14. The summed E-state index contributed by atoms with van der Waals surface area (Å²) < 4.78 is 6.05. The Labute approximate surface area is 118 Å². The number of aromatic nitrogens is 2. The molecule has 8 heteroatoms. The zero-order valence-corrected chi connectivity index (χ0v) is 11.8. The number of nitrogens with zero attached hydrogens (tertiary/aromatic N) is 2. The molecular formula is C12H13N3O4S. The topological polar surface area (TPSA) is 89.8 Å². The molecule has 1 amide bonds. The van der Waals surface area contributed by atoms with Gasteiger partial charge in [-0.2, -0.15) is 0 Å². The fourth-order valence-corrected chi connectivity index (χ4v) is 2.47. The summed E-state index contributed by atoms with van der Waals surface area (Å²) in [7, 11) is 0. The number of ether oxygens (including phenoxy) is 1. The number of rotatable bonds is 4. The first-order chi connectivity index (χ1) is 9.54. The average Bonchev–Trinajstić information content (AvgIpc) is 2.79. The molecule has 0 aliphatic heterocycles. The van der Waals surface area contributed by atoms with Crippen LogP contribution in [0.1, 0.15) is 23.0 Å². The highest BCUT2D eigenvalue weighted by Gasteiger charge is 2.16. The summed E-state index contributed by atoms with van der Waals surface area (Å²) in [5, 5.41) is 4.12. The van der Waals surface area contributed by atoms with Crippen molar-refractivity contribution in [1.82, 2.24) is 14.7 Å². The van der Waals surface area contributed by atoms with E-state index in [1.807, 2.05) is 0 Å². The molecule has 106 valence electrons. The number of hydrogen-bond donors (Lipinski definition) is 1. The van der Waals surface area contributed by atoms with E-state index in [2.05, 4.69) is 15.0 Å². The highest BCUT2D eigenvalue weighted by molar-refractivity contribution is 7.15. The fraction of sp³-hybridized carbons (Fsp3) is 0.333. The third-order valence-electron chi connectivity index (χ3n) is 2.56. The lowest BCUT2D eigenvalue weighted by Crippen LogP contribution is -2.35. The number of carbonyl (C=O) groups is 2. The minimum Gasteiger partial charge on any atom is -0.465 e. The Hall–Kier alpha value is -2.22. The van der Waals surface area contributed by atoms with Crippen molar-refractivity contribution in [3.8, 4) is 0 Å². The van der Waals surface area contributed by atoms with E-state index in [4.69, 9.17) is 0 Å². The molecule has 2 heterocycles. The minimum absolute atomic E-state index is 0.103. The second-order valence-electron chi connectivity index (χ2n) is 3.96. The zero-order chi connectivity index (χ0) is 14.7. The highest BCUT2D eigenvalue weighted by Crippen LogP contribution is 2.10. The van der Waals surface area contributed by atoms with Crippen LogP contribution in [0.15, 0.2) is 16.4 Å². The number of esters is 1. The van der Waals surface area contributed by atoms with Crippen LogP contribution in [0.25, 0.3) is 4.96 Å². The van der Waals surface area contributed by atoms with Gasteiger partial charge in [0, 0.05) is 17.3 Å². The molecule has 2 rings (SSSR count). The van der Waals surface area contributed by atoms with Crippen molar-refractivity contribution < 1.29 is 14.3 Å². The largest absolute Gasteiger partial charge is 0.465 e. The van der Waals surface area contributed by atoms with E-state index in [1.54, 1.807) is 19.2 Å². The molecule has 1 N–H and O–H groups in total. The lowest BCUT2D eigenvalue weighted by atomic mass is 10.3.